The van der Waals surface area contributed by atoms with Crippen molar-refractivity contribution in [1.82, 2.24) is 0 Å². The summed E-state index contributed by atoms with van der Waals surface area (Å²) >= 11 is 3.44. The number of carbonyl (C=O) groups is 1. The summed E-state index contributed by atoms with van der Waals surface area (Å²) in [6.45, 7) is 3.90. The molecule has 0 aliphatic rings. The van der Waals surface area contributed by atoms with Crippen molar-refractivity contribution in [2.45, 2.75) is 13.8 Å². The van der Waals surface area contributed by atoms with E-state index >= 15 is 0 Å². The zero-order valence-electron chi connectivity index (χ0n) is 11.7. The first-order valence-electron chi connectivity index (χ1n) is 6.24. The summed E-state index contributed by atoms with van der Waals surface area (Å²) in [6.07, 6.45) is 0. The van der Waals surface area contributed by atoms with Crippen molar-refractivity contribution in [1.29, 1.82) is 0 Å². The highest BCUT2D eigenvalue weighted by molar-refractivity contribution is 9.10. The zero-order valence-corrected chi connectivity index (χ0v) is 13.2. The van der Waals surface area contributed by atoms with Crippen LogP contribution < -0.4 is 10.1 Å². The number of hydrogen-bond donors (Lipinski definition) is 1. The summed E-state index contributed by atoms with van der Waals surface area (Å²) < 4.78 is 6.33. The zero-order chi connectivity index (χ0) is 14.7. The topological polar surface area (TPSA) is 38.3 Å². The number of carbonyl (C=O) groups excluding carboxylic acids is 1. The second kappa shape index (κ2) is 6.09. The van der Waals surface area contributed by atoms with Crippen LogP contribution in [0.3, 0.4) is 0 Å². The summed E-state index contributed by atoms with van der Waals surface area (Å²) in [6, 6.07) is 11.2. The number of ether oxygens (including phenoxy) is 1. The van der Waals surface area contributed by atoms with Crippen LogP contribution in [0.15, 0.2) is 40.9 Å². The molecule has 0 radical (unpaired) electrons. The summed E-state index contributed by atoms with van der Waals surface area (Å²) in [4.78, 5) is 12.3. The van der Waals surface area contributed by atoms with Gasteiger partial charge in [-0.3, -0.25) is 4.79 Å². The maximum Gasteiger partial charge on any atom is 0.259 e. The molecule has 2 rings (SSSR count). The van der Waals surface area contributed by atoms with Gasteiger partial charge in [-0.15, -0.1) is 0 Å². The number of para-hydroxylation sites is 1. The number of anilines is 1. The Balaban J connectivity index is 2.28. The molecule has 2 aromatic rings. The smallest absolute Gasteiger partial charge is 0.259 e. The van der Waals surface area contributed by atoms with Gasteiger partial charge in [0.25, 0.3) is 5.91 Å². The predicted molar refractivity (Wildman–Crippen MR) is 84.6 cm³/mol. The van der Waals surface area contributed by atoms with Crippen LogP contribution in [0.4, 0.5) is 5.69 Å². The lowest BCUT2D eigenvalue weighted by Gasteiger charge is -2.12. The molecule has 20 heavy (non-hydrogen) atoms. The van der Waals surface area contributed by atoms with Crippen LogP contribution in [-0.2, 0) is 0 Å². The van der Waals surface area contributed by atoms with Crippen LogP contribution in [0.5, 0.6) is 5.75 Å². The molecule has 3 nitrogen and oxygen atoms in total. The van der Waals surface area contributed by atoms with E-state index in [-0.39, 0.29) is 5.91 Å². The molecule has 4 heteroatoms. The molecular weight excluding hydrogens is 318 g/mol. The lowest BCUT2D eigenvalue weighted by molar-refractivity contribution is 0.102. The van der Waals surface area contributed by atoms with Crippen molar-refractivity contribution in [2.75, 3.05) is 12.4 Å². The van der Waals surface area contributed by atoms with E-state index in [1.807, 2.05) is 44.2 Å². The second-order valence-electron chi connectivity index (χ2n) is 4.57. The fourth-order valence-electron chi connectivity index (χ4n) is 2.02. The SMILES string of the molecule is COc1c(C)cccc1C(=O)Nc1ccc(Br)c(C)c1. The van der Waals surface area contributed by atoms with E-state index in [1.165, 1.54) is 0 Å². The monoisotopic (exact) mass is 333 g/mol. The van der Waals surface area contributed by atoms with Crippen molar-refractivity contribution in [3.05, 3.63) is 57.6 Å². The minimum absolute atomic E-state index is 0.174. The van der Waals surface area contributed by atoms with Crippen molar-refractivity contribution < 1.29 is 9.53 Å². The third kappa shape index (κ3) is 3.02. The molecule has 0 bridgehead atoms. The first-order valence-corrected chi connectivity index (χ1v) is 7.03. The van der Waals surface area contributed by atoms with Crippen LogP contribution in [0.25, 0.3) is 0 Å². The van der Waals surface area contributed by atoms with Crippen LogP contribution >= 0.6 is 15.9 Å². The van der Waals surface area contributed by atoms with Crippen molar-refractivity contribution in [3.63, 3.8) is 0 Å². The summed E-state index contributed by atoms with van der Waals surface area (Å²) in [5.41, 5.74) is 3.30. The number of hydrogen-bond acceptors (Lipinski definition) is 2. The highest BCUT2D eigenvalue weighted by Gasteiger charge is 2.14. The van der Waals surface area contributed by atoms with E-state index in [9.17, 15) is 4.79 Å². The molecule has 0 spiro atoms. The molecule has 0 saturated carbocycles. The van der Waals surface area contributed by atoms with E-state index in [0.29, 0.717) is 11.3 Å². The molecule has 1 amide bonds. The molecular formula is C16H16BrNO2. The van der Waals surface area contributed by atoms with Crippen molar-refractivity contribution in [3.8, 4) is 5.75 Å². The molecule has 0 unspecified atom stereocenters. The van der Waals surface area contributed by atoms with Gasteiger partial charge in [0.15, 0.2) is 0 Å². The molecule has 0 fully saturated rings. The average Bonchev–Trinajstić information content (AvgIpc) is 2.42. The van der Waals surface area contributed by atoms with Gasteiger partial charge in [-0.05, 0) is 49.2 Å². The fourth-order valence-corrected chi connectivity index (χ4v) is 2.27. The van der Waals surface area contributed by atoms with Crippen molar-refractivity contribution >= 4 is 27.5 Å². The molecule has 0 aromatic heterocycles. The van der Waals surface area contributed by atoms with Crippen LogP contribution in [0.2, 0.25) is 0 Å². The Morgan fingerprint density at radius 2 is 1.90 bits per heavy atom. The maximum atomic E-state index is 12.3. The van der Waals surface area contributed by atoms with Crippen LogP contribution in [-0.4, -0.2) is 13.0 Å². The van der Waals surface area contributed by atoms with Gasteiger partial charge in [0.05, 0.1) is 12.7 Å². The molecule has 0 aliphatic carbocycles. The van der Waals surface area contributed by atoms with E-state index in [2.05, 4.69) is 21.2 Å². The normalized spacial score (nSPS) is 10.2. The van der Waals surface area contributed by atoms with Gasteiger partial charge in [-0.1, -0.05) is 28.1 Å². The minimum atomic E-state index is -0.174. The first kappa shape index (κ1) is 14.6. The Bertz CT molecular complexity index is 653. The van der Waals surface area contributed by atoms with E-state index in [1.54, 1.807) is 13.2 Å². The third-order valence-corrected chi connectivity index (χ3v) is 3.97. The minimum Gasteiger partial charge on any atom is -0.496 e. The van der Waals surface area contributed by atoms with E-state index < -0.39 is 0 Å². The molecule has 2 aromatic carbocycles. The Morgan fingerprint density at radius 3 is 2.55 bits per heavy atom. The standard InChI is InChI=1S/C16H16BrNO2/c1-10-5-4-6-13(15(10)20-3)16(19)18-12-7-8-14(17)11(2)9-12/h4-9H,1-3H3,(H,18,19). The second-order valence-corrected chi connectivity index (χ2v) is 5.43. The third-order valence-electron chi connectivity index (χ3n) is 3.08. The number of halogens is 1. The van der Waals surface area contributed by atoms with Crippen LogP contribution in [0.1, 0.15) is 21.5 Å². The Labute approximate surface area is 127 Å². The fraction of sp³-hybridized carbons (Fsp3) is 0.188. The van der Waals surface area contributed by atoms with Gasteiger partial charge < -0.3 is 10.1 Å². The van der Waals surface area contributed by atoms with Gasteiger partial charge in [-0.25, -0.2) is 0 Å². The van der Waals surface area contributed by atoms with Crippen molar-refractivity contribution in [2.24, 2.45) is 0 Å². The van der Waals surface area contributed by atoms with Gasteiger partial charge in [0.2, 0.25) is 0 Å². The molecule has 0 saturated heterocycles. The quantitative estimate of drug-likeness (QED) is 0.907. The summed E-state index contributed by atoms with van der Waals surface area (Å²) in [5.74, 6) is 0.436. The highest BCUT2D eigenvalue weighted by Crippen LogP contribution is 2.25. The highest BCUT2D eigenvalue weighted by atomic mass is 79.9. The molecule has 0 aliphatic heterocycles. The van der Waals surface area contributed by atoms with Gasteiger partial charge in [-0.2, -0.15) is 0 Å². The Kier molecular flexibility index (Phi) is 4.45. The average molecular weight is 334 g/mol. The number of benzene rings is 2. The maximum absolute atomic E-state index is 12.3. The molecule has 0 heterocycles. The molecule has 1 N–H and O–H groups in total. The van der Waals surface area contributed by atoms with Gasteiger partial charge in [0.1, 0.15) is 5.75 Å². The number of amides is 1. The largest absolute Gasteiger partial charge is 0.496 e. The van der Waals surface area contributed by atoms with Crippen LogP contribution in [0, 0.1) is 13.8 Å². The van der Waals surface area contributed by atoms with E-state index in [4.69, 9.17) is 4.74 Å². The predicted octanol–water partition coefficient (Wildman–Crippen LogP) is 4.33. The van der Waals surface area contributed by atoms with Gasteiger partial charge in [0, 0.05) is 10.2 Å². The number of nitrogens with one attached hydrogen (secondary N) is 1. The van der Waals surface area contributed by atoms with E-state index in [0.717, 1.165) is 21.3 Å². The Morgan fingerprint density at radius 1 is 1.15 bits per heavy atom. The number of aryl methyl sites for hydroxylation is 2. The molecule has 0 atom stereocenters. The number of rotatable bonds is 3. The lowest BCUT2D eigenvalue weighted by Crippen LogP contribution is -2.13. The first-order chi connectivity index (χ1) is 9.52. The van der Waals surface area contributed by atoms with Gasteiger partial charge >= 0.3 is 0 Å². The number of methoxy groups -OCH3 is 1. The lowest BCUT2D eigenvalue weighted by atomic mass is 10.1. The molecule has 104 valence electrons. The Hall–Kier alpha value is -1.81. The summed E-state index contributed by atoms with van der Waals surface area (Å²) in [7, 11) is 1.57. The summed E-state index contributed by atoms with van der Waals surface area (Å²) in [5, 5.41) is 2.89.